The van der Waals surface area contributed by atoms with Crippen molar-refractivity contribution in [2.75, 3.05) is 0 Å². The van der Waals surface area contributed by atoms with Crippen LogP contribution < -0.4 is 0 Å². The third-order valence-electron chi connectivity index (χ3n) is 7.66. The van der Waals surface area contributed by atoms with Gasteiger partial charge in [0.1, 0.15) is 11.2 Å². The summed E-state index contributed by atoms with van der Waals surface area (Å²) in [7, 11) is 0. The van der Waals surface area contributed by atoms with Gasteiger partial charge in [-0.05, 0) is 65.7 Å². The Kier molecular flexibility index (Phi) is 4.85. The zero-order valence-electron chi connectivity index (χ0n) is 21.4. The van der Waals surface area contributed by atoms with Crippen LogP contribution in [0.5, 0.6) is 0 Å². The molecule has 5 aromatic carbocycles. The van der Waals surface area contributed by atoms with E-state index in [2.05, 4.69) is 101 Å². The van der Waals surface area contributed by atoms with Gasteiger partial charge in [0.15, 0.2) is 0 Å². The summed E-state index contributed by atoms with van der Waals surface area (Å²) >= 11 is 0. The van der Waals surface area contributed by atoms with Crippen molar-refractivity contribution in [3.8, 4) is 34.1 Å². The fraction of sp³-hybridized carbons (Fsp3) is 0. The third-order valence-corrected chi connectivity index (χ3v) is 7.66. The number of rotatable bonds is 3. The predicted octanol–water partition coefficient (Wildman–Crippen LogP) is 9.28. The molecule has 8 aromatic rings. The molecule has 0 amide bonds. The molecule has 0 fully saturated rings. The van der Waals surface area contributed by atoms with Crippen molar-refractivity contribution >= 4 is 43.7 Å². The lowest BCUT2D eigenvalue weighted by molar-refractivity contribution is 0.669. The van der Waals surface area contributed by atoms with E-state index in [9.17, 15) is 5.26 Å². The van der Waals surface area contributed by atoms with Crippen LogP contribution in [0.25, 0.3) is 71.8 Å². The SMILES string of the molecule is N#Cc1ccnc(-c2cccc(-c3cccc(-n4c5ccccc5c5c6c(ccc54)oc4ccccc46)c3)c2)c1. The van der Waals surface area contributed by atoms with Crippen molar-refractivity contribution in [3.63, 3.8) is 0 Å². The van der Waals surface area contributed by atoms with Crippen LogP contribution in [0.1, 0.15) is 5.56 Å². The summed E-state index contributed by atoms with van der Waals surface area (Å²) in [5.41, 5.74) is 9.75. The van der Waals surface area contributed by atoms with E-state index in [0.717, 1.165) is 61.0 Å². The highest BCUT2D eigenvalue weighted by molar-refractivity contribution is 6.27. The quantitative estimate of drug-likeness (QED) is 0.237. The van der Waals surface area contributed by atoms with Crippen LogP contribution >= 0.6 is 0 Å². The standard InChI is InChI=1S/C36H21N3O/c37-22-23-17-18-38-30(19-23)26-9-5-7-24(20-26)25-8-6-10-27(21-25)39-31-13-3-1-11-28(31)35-32(39)15-16-34-36(35)29-12-2-4-14-33(29)40-34/h1-21H. The number of nitrogens with zero attached hydrogens (tertiary/aromatic N) is 3. The Balaban J connectivity index is 1.34. The number of para-hydroxylation sites is 2. The number of nitriles is 1. The Hall–Kier alpha value is -5.66. The maximum Gasteiger partial charge on any atom is 0.136 e. The van der Waals surface area contributed by atoms with E-state index in [1.807, 2.05) is 30.3 Å². The second-order valence-corrected chi connectivity index (χ2v) is 9.96. The average molecular weight is 512 g/mol. The molecule has 0 atom stereocenters. The molecule has 0 aliphatic heterocycles. The molecule has 3 heterocycles. The molecule has 0 bridgehead atoms. The third kappa shape index (κ3) is 3.35. The summed E-state index contributed by atoms with van der Waals surface area (Å²) in [6.45, 7) is 0. The lowest BCUT2D eigenvalue weighted by Gasteiger charge is -2.11. The number of hydrogen-bond acceptors (Lipinski definition) is 3. The summed E-state index contributed by atoms with van der Waals surface area (Å²) in [5, 5.41) is 14.0. The Labute approximate surface area is 230 Å². The minimum absolute atomic E-state index is 0.600. The maximum atomic E-state index is 9.33. The zero-order valence-corrected chi connectivity index (χ0v) is 21.4. The van der Waals surface area contributed by atoms with Crippen LogP contribution in [0.4, 0.5) is 0 Å². The van der Waals surface area contributed by atoms with Gasteiger partial charge < -0.3 is 8.98 Å². The fourth-order valence-corrected chi connectivity index (χ4v) is 5.89. The van der Waals surface area contributed by atoms with Crippen LogP contribution in [0, 0.1) is 11.3 Å². The fourth-order valence-electron chi connectivity index (χ4n) is 5.89. The van der Waals surface area contributed by atoms with Crippen LogP contribution in [0.2, 0.25) is 0 Å². The molecule has 0 N–H and O–H groups in total. The number of aromatic nitrogens is 2. The van der Waals surface area contributed by atoms with Gasteiger partial charge in [-0.2, -0.15) is 5.26 Å². The number of pyridine rings is 1. The van der Waals surface area contributed by atoms with Gasteiger partial charge in [0.05, 0.1) is 28.4 Å². The lowest BCUT2D eigenvalue weighted by atomic mass is 10.0. The summed E-state index contributed by atoms with van der Waals surface area (Å²) < 4.78 is 8.58. The molecule has 8 rings (SSSR count). The van der Waals surface area contributed by atoms with Crippen LogP contribution in [0.3, 0.4) is 0 Å². The monoisotopic (exact) mass is 511 g/mol. The van der Waals surface area contributed by atoms with E-state index in [-0.39, 0.29) is 0 Å². The van der Waals surface area contributed by atoms with Gasteiger partial charge in [0.25, 0.3) is 0 Å². The van der Waals surface area contributed by atoms with Crippen molar-refractivity contribution in [3.05, 3.63) is 133 Å². The predicted molar refractivity (Wildman–Crippen MR) is 161 cm³/mol. The average Bonchev–Trinajstić information content (AvgIpc) is 3.57. The van der Waals surface area contributed by atoms with Gasteiger partial charge in [-0.15, -0.1) is 0 Å². The first-order chi connectivity index (χ1) is 19.8. The molecule has 0 radical (unpaired) electrons. The minimum atomic E-state index is 0.600. The molecule has 3 aromatic heterocycles. The van der Waals surface area contributed by atoms with Gasteiger partial charge in [-0.1, -0.05) is 66.7 Å². The molecular weight excluding hydrogens is 490 g/mol. The van der Waals surface area contributed by atoms with E-state index in [1.54, 1.807) is 12.3 Å². The smallest absolute Gasteiger partial charge is 0.136 e. The van der Waals surface area contributed by atoms with Crippen LogP contribution in [-0.4, -0.2) is 9.55 Å². The molecule has 0 aliphatic carbocycles. The van der Waals surface area contributed by atoms with E-state index in [4.69, 9.17) is 4.42 Å². The van der Waals surface area contributed by atoms with Crippen molar-refractivity contribution in [2.24, 2.45) is 0 Å². The van der Waals surface area contributed by atoms with Crippen LogP contribution in [0.15, 0.2) is 132 Å². The first kappa shape index (κ1) is 22.3. The van der Waals surface area contributed by atoms with Crippen molar-refractivity contribution in [2.45, 2.75) is 0 Å². The molecule has 0 aliphatic rings. The van der Waals surface area contributed by atoms with E-state index >= 15 is 0 Å². The number of furan rings is 1. The van der Waals surface area contributed by atoms with Crippen molar-refractivity contribution in [1.82, 2.24) is 9.55 Å². The largest absolute Gasteiger partial charge is 0.456 e. The second-order valence-electron chi connectivity index (χ2n) is 9.96. The minimum Gasteiger partial charge on any atom is -0.456 e. The molecule has 186 valence electrons. The molecule has 40 heavy (non-hydrogen) atoms. The molecule has 0 spiro atoms. The van der Waals surface area contributed by atoms with Gasteiger partial charge in [0.2, 0.25) is 0 Å². The van der Waals surface area contributed by atoms with Crippen molar-refractivity contribution < 1.29 is 4.42 Å². The van der Waals surface area contributed by atoms with E-state index in [1.165, 1.54) is 10.8 Å². The Morgan fingerprint density at radius 1 is 0.600 bits per heavy atom. The number of fused-ring (bicyclic) bond motifs is 7. The molecule has 0 unspecified atom stereocenters. The Morgan fingerprint density at radius 3 is 2.27 bits per heavy atom. The van der Waals surface area contributed by atoms with E-state index < -0.39 is 0 Å². The maximum absolute atomic E-state index is 9.33. The lowest BCUT2D eigenvalue weighted by Crippen LogP contribution is -1.94. The highest BCUT2D eigenvalue weighted by Crippen LogP contribution is 2.41. The van der Waals surface area contributed by atoms with Crippen LogP contribution in [-0.2, 0) is 0 Å². The molecule has 4 heteroatoms. The second kappa shape index (κ2) is 8.69. The zero-order chi connectivity index (χ0) is 26.6. The summed E-state index contributed by atoms with van der Waals surface area (Å²) in [6.07, 6.45) is 1.68. The topological polar surface area (TPSA) is 54.8 Å². The van der Waals surface area contributed by atoms with Gasteiger partial charge in [0, 0.05) is 39.0 Å². The van der Waals surface area contributed by atoms with Crippen molar-refractivity contribution in [1.29, 1.82) is 5.26 Å². The molecule has 0 saturated carbocycles. The summed E-state index contributed by atoms with van der Waals surface area (Å²) in [5.74, 6) is 0. The molecule has 0 saturated heterocycles. The summed E-state index contributed by atoms with van der Waals surface area (Å²) in [4.78, 5) is 4.50. The number of hydrogen-bond donors (Lipinski definition) is 0. The normalized spacial score (nSPS) is 11.5. The van der Waals surface area contributed by atoms with Gasteiger partial charge in [-0.3, -0.25) is 4.98 Å². The number of benzene rings is 5. The highest BCUT2D eigenvalue weighted by atomic mass is 16.3. The highest BCUT2D eigenvalue weighted by Gasteiger charge is 2.18. The summed E-state index contributed by atoms with van der Waals surface area (Å²) in [6, 6.07) is 43.8. The molecular formula is C36H21N3O. The van der Waals surface area contributed by atoms with Gasteiger partial charge >= 0.3 is 0 Å². The van der Waals surface area contributed by atoms with E-state index in [0.29, 0.717) is 5.56 Å². The first-order valence-corrected chi connectivity index (χ1v) is 13.2. The Morgan fingerprint density at radius 2 is 1.38 bits per heavy atom. The Bertz CT molecular complexity index is 2300. The van der Waals surface area contributed by atoms with Gasteiger partial charge in [-0.25, -0.2) is 0 Å². The first-order valence-electron chi connectivity index (χ1n) is 13.2. The molecule has 4 nitrogen and oxygen atoms in total.